The summed E-state index contributed by atoms with van der Waals surface area (Å²) in [5.41, 5.74) is 0.450. The zero-order chi connectivity index (χ0) is 14.0. The molecule has 0 aromatic carbocycles. The number of thiazole rings is 1. The molecule has 0 radical (unpaired) electrons. The second kappa shape index (κ2) is 5.37. The molecular weight excluding hydrogens is 268 g/mol. The van der Waals surface area contributed by atoms with E-state index in [0.717, 1.165) is 0 Å². The largest absolute Gasteiger partial charge is 0.243 e. The average Bonchev–Trinajstić information content (AvgIpc) is 2.59. The van der Waals surface area contributed by atoms with E-state index in [2.05, 4.69) is 11.1 Å². The smallest absolute Gasteiger partial charge is 0.156 e. The minimum Gasteiger partial charge on any atom is -0.243 e. The van der Waals surface area contributed by atoms with Gasteiger partial charge in [0.15, 0.2) is 9.84 Å². The highest BCUT2D eigenvalue weighted by Gasteiger charge is 2.24. The summed E-state index contributed by atoms with van der Waals surface area (Å²) in [5, 5.41) is 9.59. The molecule has 18 heavy (non-hydrogen) atoms. The van der Waals surface area contributed by atoms with E-state index in [1.54, 1.807) is 0 Å². The van der Waals surface area contributed by atoms with Crippen LogP contribution in [0.4, 0.5) is 0 Å². The maximum Gasteiger partial charge on any atom is 0.156 e. The third-order valence-corrected chi connectivity index (χ3v) is 5.23. The molecule has 0 aliphatic heterocycles. The number of hydrogen-bond acceptors (Lipinski definition) is 5. The number of aromatic nitrogens is 1. The highest BCUT2D eigenvalue weighted by Crippen LogP contribution is 2.29. The molecule has 0 spiro atoms. The summed E-state index contributed by atoms with van der Waals surface area (Å²) in [6, 6.07) is 2.10. The van der Waals surface area contributed by atoms with Crippen LogP contribution in [0.1, 0.15) is 49.7 Å². The first-order chi connectivity index (χ1) is 8.19. The molecule has 0 fully saturated rings. The predicted molar refractivity (Wildman–Crippen MR) is 73.3 cm³/mol. The molecule has 1 aromatic rings. The molecule has 0 bridgehead atoms. The quantitative estimate of drug-likeness (QED) is 0.853. The first kappa shape index (κ1) is 15.1. The zero-order valence-electron chi connectivity index (χ0n) is 11.1. The highest BCUT2D eigenvalue weighted by atomic mass is 32.2. The lowest BCUT2D eigenvalue weighted by Crippen LogP contribution is -2.14. The van der Waals surface area contributed by atoms with Crippen LogP contribution in [0, 0.1) is 11.3 Å². The van der Waals surface area contributed by atoms with E-state index in [1.807, 2.05) is 27.7 Å². The number of rotatable bonds is 4. The van der Waals surface area contributed by atoms with Crippen LogP contribution in [0.5, 0.6) is 0 Å². The van der Waals surface area contributed by atoms with Crippen LogP contribution >= 0.6 is 11.3 Å². The van der Waals surface area contributed by atoms with Crippen LogP contribution in [-0.2, 0) is 21.0 Å². The van der Waals surface area contributed by atoms with E-state index in [1.165, 1.54) is 11.3 Å². The van der Waals surface area contributed by atoms with Crippen molar-refractivity contribution in [1.29, 1.82) is 5.26 Å². The van der Waals surface area contributed by atoms with Crippen LogP contribution in [-0.4, -0.2) is 19.2 Å². The normalized spacial score (nSPS) is 12.4. The number of sulfone groups is 1. The fourth-order valence-electron chi connectivity index (χ4n) is 1.58. The lowest BCUT2D eigenvalue weighted by atomic mass is 9.91. The molecule has 0 saturated heterocycles. The van der Waals surface area contributed by atoms with Gasteiger partial charge in [0.1, 0.15) is 21.7 Å². The Labute approximate surface area is 113 Å². The molecule has 0 N–H and O–H groups in total. The fourth-order valence-corrected chi connectivity index (χ4v) is 4.43. The van der Waals surface area contributed by atoms with E-state index in [0.29, 0.717) is 22.0 Å². The molecule has 0 saturated carbocycles. The minimum atomic E-state index is -3.10. The van der Waals surface area contributed by atoms with Crippen LogP contribution < -0.4 is 0 Å². The highest BCUT2D eigenvalue weighted by molar-refractivity contribution is 7.90. The molecule has 0 aliphatic carbocycles. The Bertz CT molecular complexity index is 560. The van der Waals surface area contributed by atoms with Gasteiger partial charge < -0.3 is 0 Å². The summed E-state index contributed by atoms with van der Waals surface area (Å²) < 4.78 is 23.5. The molecule has 0 unspecified atom stereocenters. The molecule has 100 valence electrons. The van der Waals surface area contributed by atoms with Gasteiger partial charge in [0.2, 0.25) is 0 Å². The average molecular weight is 286 g/mol. The van der Waals surface area contributed by atoms with Gasteiger partial charge in [-0.15, -0.1) is 11.3 Å². The minimum absolute atomic E-state index is 0.0593. The number of nitrogens with zero attached hydrogens (tertiary/aromatic N) is 2. The van der Waals surface area contributed by atoms with Crippen molar-refractivity contribution in [1.82, 2.24) is 4.98 Å². The Morgan fingerprint density at radius 2 is 2.00 bits per heavy atom. The topological polar surface area (TPSA) is 70.8 Å². The van der Waals surface area contributed by atoms with Crippen LogP contribution in [0.15, 0.2) is 0 Å². The summed E-state index contributed by atoms with van der Waals surface area (Å²) >= 11 is 1.19. The van der Waals surface area contributed by atoms with Crippen molar-refractivity contribution in [3.05, 3.63) is 15.6 Å². The van der Waals surface area contributed by atoms with Gasteiger partial charge in [-0.05, 0) is 6.42 Å². The third-order valence-electron chi connectivity index (χ3n) is 2.34. The Hall–Kier alpha value is -0.930. The lowest BCUT2D eigenvalue weighted by molar-refractivity contribution is 0.568. The molecule has 4 nitrogen and oxygen atoms in total. The van der Waals surface area contributed by atoms with Gasteiger partial charge in [-0.2, -0.15) is 5.26 Å². The second-order valence-electron chi connectivity index (χ2n) is 5.24. The molecule has 1 heterocycles. The summed E-state index contributed by atoms with van der Waals surface area (Å²) in [6.45, 7) is 7.73. The Morgan fingerprint density at radius 1 is 1.39 bits per heavy atom. The second-order valence-corrected chi connectivity index (χ2v) is 8.51. The maximum atomic E-state index is 11.7. The molecule has 0 atom stereocenters. The van der Waals surface area contributed by atoms with Crippen molar-refractivity contribution in [2.24, 2.45) is 0 Å². The van der Waals surface area contributed by atoms with E-state index in [9.17, 15) is 8.42 Å². The van der Waals surface area contributed by atoms with Crippen LogP contribution in [0.2, 0.25) is 0 Å². The summed E-state index contributed by atoms with van der Waals surface area (Å²) in [6.07, 6.45) is 0.602. The van der Waals surface area contributed by atoms with Gasteiger partial charge in [0, 0.05) is 5.41 Å². The van der Waals surface area contributed by atoms with Gasteiger partial charge in [-0.3, -0.25) is 0 Å². The van der Waals surface area contributed by atoms with Gasteiger partial charge in [-0.25, -0.2) is 13.4 Å². The van der Waals surface area contributed by atoms with E-state index < -0.39 is 9.84 Å². The zero-order valence-corrected chi connectivity index (χ0v) is 12.8. The van der Waals surface area contributed by atoms with Crippen molar-refractivity contribution in [3.8, 4) is 6.07 Å². The Kier molecular flexibility index (Phi) is 4.51. The SMILES string of the molecule is CCCS(=O)(=O)Cc1nc(C(C)(C)C)c(C#N)s1. The standard InChI is InChI=1S/C12H18N2O2S2/c1-5-6-18(15,16)8-10-14-11(12(2,3)4)9(7-13)17-10/h5-6,8H2,1-4H3. The Balaban J connectivity index is 3.09. The Morgan fingerprint density at radius 3 is 2.39 bits per heavy atom. The van der Waals surface area contributed by atoms with Gasteiger partial charge in [0.25, 0.3) is 0 Å². The van der Waals surface area contributed by atoms with Crippen molar-refractivity contribution in [2.75, 3.05) is 5.75 Å². The molecular formula is C12H18N2O2S2. The molecule has 6 heteroatoms. The molecule has 0 amide bonds. The summed E-state index contributed by atoms with van der Waals surface area (Å²) in [5.74, 6) is 0.107. The molecule has 1 aromatic heterocycles. The molecule has 0 aliphatic rings. The van der Waals surface area contributed by atoms with Gasteiger partial charge >= 0.3 is 0 Å². The van der Waals surface area contributed by atoms with E-state index in [-0.39, 0.29) is 16.9 Å². The lowest BCUT2D eigenvalue weighted by Gasteiger charge is -2.15. The predicted octanol–water partition coefficient (Wildman–Crippen LogP) is 2.64. The van der Waals surface area contributed by atoms with Gasteiger partial charge in [0.05, 0.1) is 11.4 Å². The van der Waals surface area contributed by atoms with E-state index in [4.69, 9.17) is 5.26 Å². The van der Waals surface area contributed by atoms with Crippen molar-refractivity contribution < 1.29 is 8.42 Å². The number of hydrogen-bond donors (Lipinski definition) is 0. The molecule has 1 rings (SSSR count). The van der Waals surface area contributed by atoms with Crippen LogP contribution in [0.25, 0.3) is 0 Å². The monoisotopic (exact) mass is 286 g/mol. The van der Waals surface area contributed by atoms with Crippen molar-refractivity contribution in [3.63, 3.8) is 0 Å². The first-order valence-electron chi connectivity index (χ1n) is 5.80. The van der Waals surface area contributed by atoms with Crippen molar-refractivity contribution >= 4 is 21.2 Å². The third kappa shape index (κ3) is 3.79. The summed E-state index contributed by atoms with van der Waals surface area (Å²) in [4.78, 5) is 4.85. The summed E-state index contributed by atoms with van der Waals surface area (Å²) in [7, 11) is -3.10. The van der Waals surface area contributed by atoms with Crippen molar-refractivity contribution in [2.45, 2.75) is 45.3 Å². The first-order valence-corrected chi connectivity index (χ1v) is 8.44. The maximum absolute atomic E-state index is 11.7. The van der Waals surface area contributed by atoms with Gasteiger partial charge in [-0.1, -0.05) is 27.7 Å². The number of nitriles is 1. The van der Waals surface area contributed by atoms with Crippen LogP contribution in [0.3, 0.4) is 0 Å². The fraction of sp³-hybridized carbons (Fsp3) is 0.667. The van der Waals surface area contributed by atoms with E-state index >= 15 is 0 Å².